The third kappa shape index (κ3) is 1.63. The van der Waals surface area contributed by atoms with Crippen LogP contribution in [0.3, 0.4) is 0 Å². The maximum Gasteiger partial charge on any atom is 0.103 e. The molecule has 1 nitrogen and oxygen atoms in total. The van der Waals surface area contributed by atoms with E-state index in [-0.39, 0.29) is 0 Å². The number of hydrogen-bond donors (Lipinski definition) is 1. The lowest BCUT2D eigenvalue weighted by Crippen LogP contribution is -2.29. The molecule has 1 saturated heterocycles. The molecule has 0 aromatic rings. The summed E-state index contributed by atoms with van der Waals surface area (Å²) >= 11 is 0. The quantitative estimate of drug-likeness (QED) is 0.637. The van der Waals surface area contributed by atoms with Gasteiger partial charge in [0, 0.05) is 0 Å². The van der Waals surface area contributed by atoms with Crippen molar-refractivity contribution in [3.8, 4) is 0 Å². The van der Waals surface area contributed by atoms with E-state index in [9.17, 15) is 4.39 Å². The van der Waals surface area contributed by atoms with Gasteiger partial charge in [0.2, 0.25) is 0 Å². The van der Waals surface area contributed by atoms with Crippen molar-refractivity contribution >= 4 is 0 Å². The summed E-state index contributed by atoms with van der Waals surface area (Å²) in [6, 6.07) is 0. The molecule has 3 atom stereocenters. The number of alkyl halides is 1. The molecular formula is C10H18FN. The van der Waals surface area contributed by atoms with E-state index in [2.05, 4.69) is 5.32 Å². The molecule has 1 N–H and O–H groups in total. The van der Waals surface area contributed by atoms with Crippen molar-refractivity contribution < 1.29 is 4.39 Å². The van der Waals surface area contributed by atoms with Crippen LogP contribution in [0.25, 0.3) is 0 Å². The van der Waals surface area contributed by atoms with Gasteiger partial charge in [0.1, 0.15) is 6.17 Å². The lowest BCUT2D eigenvalue weighted by Gasteiger charge is -2.30. The van der Waals surface area contributed by atoms with Crippen LogP contribution in [0, 0.1) is 11.8 Å². The van der Waals surface area contributed by atoms with Crippen LogP contribution in [0.4, 0.5) is 4.39 Å². The molecule has 2 aliphatic rings. The zero-order chi connectivity index (χ0) is 8.39. The van der Waals surface area contributed by atoms with Gasteiger partial charge in [-0.25, -0.2) is 4.39 Å². The van der Waals surface area contributed by atoms with Crippen molar-refractivity contribution in [2.75, 3.05) is 13.1 Å². The summed E-state index contributed by atoms with van der Waals surface area (Å²) in [7, 11) is 0. The summed E-state index contributed by atoms with van der Waals surface area (Å²) in [4.78, 5) is 0. The Bertz CT molecular complexity index is 143. The lowest BCUT2D eigenvalue weighted by molar-refractivity contribution is 0.120. The predicted octanol–water partition coefficient (Wildman–Crippen LogP) is 2.12. The molecule has 0 bridgehead atoms. The summed E-state index contributed by atoms with van der Waals surface area (Å²) in [5.41, 5.74) is 0. The fourth-order valence-corrected chi connectivity index (χ4v) is 2.69. The fraction of sp³-hybridized carbons (Fsp3) is 1.00. The maximum atomic E-state index is 13.5. The Labute approximate surface area is 73.7 Å². The van der Waals surface area contributed by atoms with E-state index in [4.69, 9.17) is 0 Å². The molecule has 2 heteroatoms. The SMILES string of the molecule is FC1CCCCC1C1CCNC1. The standard InChI is InChI=1S/C10H18FN/c11-10-4-2-1-3-9(10)8-5-6-12-7-8/h8-10,12H,1-7H2. The minimum atomic E-state index is -0.497. The molecule has 0 amide bonds. The predicted molar refractivity (Wildman–Crippen MR) is 47.8 cm³/mol. The Morgan fingerprint density at radius 1 is 1.08 bits per heavy atom. The normalized spacial score (nSPS) is 43.2. The lowest BCUT2D eigenvalue weighted by atomic mass is 9.78. The maximum absolute atomic E-state index is 13.5. The van der Waals surface area contributed by atoms with Gasteiger partial charge in [-0.1, -0.05) is 12.8 Å². The van der Waals surface area contributed by atoms with Gasteiger partial charge in [-0.15, -0.1) is 0 Å². The molecule has 0 aromatic carbocycles. The van der Waals surface area contributed by atoms with E-state index >= 15 is 0 Å². The minimum Gasteiger partial charge on any atom is -0.316 e. The van der Waals surface area contributed by atoms with Crippen LogP contribution >= 0.6 is 0 Å². The largest absolute Gasteiger partial charge is 0.316 e. The Balaban J connectivity index is 1.91. The van der Waals surface area contributed by atoms with Gasteiger partial charge in [0.25, 0.3) is 0 Å². The zero-order valence-corrected chi connectivity index (χ0v) is 7.56. The summed E-state index contributed by atoms with van der Waals surface area (Å²) in [5.74, 6) is 1.02. The second kappa shape index (κ2) is 3.73. The van der Waals surface area contributed by atoms with Crippen molar-refractivity contribution in [3.63, 3.8) is 0 Å². The van der Waals surface area contributed by atoms with E-state index < -0.39 is 6.17 Å². The van der Waals surface area contributed by atoms with Crippen LogP contribution in [0.2, 0.25) is 0 Å². The van der Waals surface area contributed by atoms with Gasteiger partial charge >= 0.3 is 0 Å². The Morgan fingerprint density at radius 2 is 1.92 bits per heavy atom. The van der Waals surface area contributed by atoms with Crippen LogP contribution in [-0.2, 0) is 0 Å². The van der Waals surface area contributed by atoms with Crippen molar-refractivity contribution in [2.45, 2.75) is 38.3 Å². The van der Waals surface area contributed by atoms with Crippen molar-refractivity contribution in [2.24, 2.45) is 11.8 Å². The third-order valence-electron chi connectivity index (χ3n) is 3.44. The topological polar surface area (TPSA) is 12.0 Å². The Kier molecular flexibility index (Phi) is 2.64. The van der Waals surface area contributed by atoms with Gasteiger partial charge in [0.05, 0.1) is 0 Å². The summed E-state index contributed by atoms with van der Waals surface area (Å²) in [6.07, 6.45) is 5.02. The smallest absolute Gasteiger partial charge is 0.103 e. The first-order chi connectivity index (χ1) is 5.88. The van der Waals surface area contributed by atoms with Gasteiger partial charge in [-0.2, -0.15) is 0 Å². The van der Waals surface area contributed by atoms with Crippen LogP contribution in [0.5, 0.6) is 0 Å². The van der Waals surface area contributed by atoms with Crippen molar-refractivity contribution in [1.82, 2.24) is 5.32 Å². The number of halogens is 1. The second-order valence-corrected chi connectivity index (χ2v) is 4.22. The van der Waals surface area contributed by atoms with E-state index in [1.54, 1.807) is 0 Å². The molecule has 12 heavy (non-hydrogen) atoms. The average Bonchev–Trinajstić information content (AvgIpc) is 2.57. The van der Waals surface area contributed by atoms with Gasteiger partial charge in [-0.05, 0) is 44.2 Å². The summed E-state index contributed by atoms with van der Waals surface area (Å²) in [5, 5.41) is 3.32. The van der Waals surface area contributed by atoms with E-state index in [0.29, 0.717) is 11.8 Å². The number of hydrogen-bond acceptors (Lipinski definition) is 1. The molecule has 70 valence electrons. The molecule has 0 spiro atoms. The van der Waals surface area contributed by atoms with Crippen molar-refractivity contribution in [1.29, 1.82) is 0 Å². The third-order valence-corrected chi connectivity index (χ3v) is 3.44. The summed E-state index contributed by atoms with van der Waals surface area (Å²) < 4.78 is 13.5. The highest BCUT2D eigenvalue weighted by Crippen LogP contribution is 2.34. The molecule has 0 radical (unpaired) electrons. The summed E-state index contributed by atoms with van der Waals surface area (Å²) in [6.45, 7) is 2.17. The van der Waals surface area contributed by atoms with E-state index in [0.717, 1.165) is 32.4 Å². The van der Waals surface area contributed by atoms with Crippen molar-refractivity contribution in [3.05, 3.63) is 0 Å². The van der Waals surface area contributed by atoms with Crippen LogP contribution in [0.15, 0.2) is 0 Å². The molecule has 1 aliphatic heterocycles. The van der Waals surface area contributed by atoms with E-state index in [1.807, 2.05) is 0 Å². The van der Waals surface area contributed by atoms with Crippen LogP contribution in [-0.4, -0.2) is 19.3 Å². The molecular weight excluding hydrogens is 153 g/mol. The molecule has 2 fully saturated rings. The first kappa shape index (κ1) is 8.49. The first-order valence-corrected chi connectivity index (χ1v) is 5.22. The monoisotopic (exact) mass is 171 g/mol. The number of rotatable bonds is 1. The Morgan fingerprint density at radius 3 is 2.58 bits per heavy atom. The van der Waals surface area contributed by atoms with Gasteiger partial charge < -0.3 is 5.32 Å². The van der Waals surface area contributed by atoms with Gasteiger partial charge in [0.15, 0.2) is 0 Å². The number of nitrogens with one attached hydrogen (secondary N) is 1. The second-order valence-electron chi connectivity index (χ2n) is 4.22. The Hall–Kier alpha value is -0.110. The minimum absolute atomic E-state index is 0.383. The van der Waals surface area contributed by atoms with Crippen LogP contribution < -0.4 is 5.32 Å². The molecule has 1 heterocycles. The fourth-order valence-electron chi connectivity index (χ4n) is 2.69. The zero-order valence-electron chi connectivity index (χ0n) is 7.56. The molecule has 1 aliphatic carbocycles. The highest BCUT2D eigenvalue weighted by molar-refractivity contribution is 4.85. The average molecular weight is 171 g/mol. The highest BCUT2D eigenvalue weighted by atomic mass is 19.1. The van der Waals surface area contributed by atoms with E-state index in [1.165, 1.54) is 12.8 Å². The first-order valence-electron chi connectivity index (χ1n) is 5.22. The molecule has 2 rings (SSSR count). The molecule has 1 saturated carbocycles. The molecule has 0 aromatic heterocycles. The van der Waals surface area contributed by atoms with Gasteiger partial charge in [-0.3, -0.25) is 0 Å². The van der Waals surface area contributed by atoms with Crippen LogP contribution in [0.1, 0.15) is 32.1 Å². The molecule has 3 unspecified atom stereocenters. The highest BCUT2D eigenvalue weighted by Gasteiger charge is 2.33.